The number of alkyl halides is 3. The minimum Gasteiger partial charge on any atom is -0.381 e. The van der Waals surface area contributed by atoms with Gasteiger partial charge in [0.1, 0.15) is 5.41 Å². The molecular weight excluding hydrogens is 259 g/mol. The Kier molecular flexibility index (Phi) is 3.82. The fourth-order valence-electron chi connectivity index (χ4n) is 2.67. The standard InChI is InChI=1S/C13H20F3NO2/c1-8(2)9-7-19-6-3-10(9)17-11(18)12(4-5-12)13(14,15)16/h8-10H,3-7H2,1-2H3,(H,17,18)/t9-,10+/m0/s1. The molecule has 1 heterocycles. The molecule has 1 saturated heterocycles. The van der Waals surface area contributed by atoms with Gasteiger partial charge in [0.2, 0.25) is 5.91 Å². The first-order valence-corrected chi connectivity index (χ1v) is 6.73. The second-order valence-electron chi connectivity index (χ2n) is 5.93. The Morgan fingerprint density at radius 2 is 2.00 bits per heavy atom. The van der Waals surface area contributed by atoms with Crippen molar-refractivity contribution in [1.82, 2.24) is 5.32 Å². The Balaban J connectivity index is 2.02. The van der Waals surface area contributed by atoms with Crippen LogP contribution in [0.2, 0.25) is 0 Å². The van der Waals surface area contributed by atoms with E-state index in [4.69, 9.17) is 4.74 Å². The number of nitrogens with one attached hydrogen (secondary N) is 1. The Hall–Kier alpha value is -0.780. The number of hydrogen-bond acceptors (Lipinski definition) is 2. The van der Waals surface area contributed by atoms with Gasteiger partial charge in [0, 0.05) is 18.6 Å². The molecule has 3 nitrogen and oxygen atoms in total. The summed E-state index contributed by atoms with van der Waals surface area (Å²) in [5.74, 6) is -0.495. The molecule has 1 aliphatic carbocycles. The summed E-state index contributed by atoms with van der Waals surface area (Å²) in [6, 6.07) is -0.207. The maximum atomic E-state index is 12.9. The molecule has 1 N–H and O–H groups in total. The second kappa shape index (κ2) is 4.96. The minimum atomic E-state index is -4.43. The first-order chi connectivity index (χ1) is 8.78. The van der Waals surface area contributed by atoms with Crippen LogP contribution in [-0.4, -0.2) is 31.3 Å². The van der Waals surface area contributed by atoms with Crippen LogP contribution in [0.5, 0.6) is 0 Å². The number of halogens is 3. The molecule has 6 heteroatoms. The maximum absolute atomic E-state index is 12.9. The van der Waals surface area contributed by atoms with Crippen LogP contribution in [0, 0.1) is 17.3 Å². The van der Waals surface area contributed by atoms with Crippen molar-refractivity contribution in [2.24, 2.45) is 17.3 Å². The number of carbonyl (C=O) groups is 1. The molecule has 19 heavy (non-hydrogen) atoms. The fourth-order valence-corrected chi connectivity index (χ4v) is 2.67. The predicted molar refractivity (Wildman–Crippen MR) is 63.4 cm³/mol. The summed E-state index contributed by atoms with van der Waals surface area (Å²) in [5.41, 5.74) is -2.12. The van der Waals surface area contributed by atoms with Crippen molar-refractivity contribution < 1.29 is 22.7 Å². The van der Waals surface area contributed by atoms with E-state index in [0.717, 1.165) is 0 Å². The third-order valence-corrected chi connectivity index (χ3v) is 4.30. The molecule has 0 aromatic rings. The molecule has 2 atom stereocenters. The SMILES string of the molecule is CC(C)[C@@H]1COCC[C@H]1NC(=O)C1(C(F)(F)F)CC1. The van der Waals surface area contributed by atoms with Crippen molar-refractivity contribution in [2.75, 3.05) is 13.2 Å². The number of hydrogen-bond donors (Lipinski definition) is 1. The molecule has 0 aromatic heterocycles. The monoisotopic (exact) mass is 279 g/mol. The van der Waals surface area contributed by atoms with Crippen molar-refractivity contribution in [1.29, 1.82) is 0 Å². The summed E-state index contributed by atoms with van der Waals surface area (Å²) in [6.45, 7) is 4.99. The lowest BCUT2D eigenvalue weighted by Gasteiger charge is -2.35. The van der Waals surface area contributed by atoms with E-state index in [-0.39, 0.29) is 30.7 Å². The molecule has 0 unspecified atom stereocenters. The highest BCUT2D eigenvalue weighted by Crippen LogP contribution is 2.57. The maximum Gasteiger partial charge on any atom is 0.403 e. The fraction of sp³-hybridized carbons (Fsp3) is 0.923. The van der Waals surface area contributed by atoms with Gasteiger partial charge >= 0.3 is 6.18 Å². The number of rotatable bonds is 3. The highest BCUT2D eigenvalue weighted by atomic mass is 19.4. The summed E-state index contributed by atoms with van der Waals surface area (Å²) in [7, 11) is 0. The first-order valence-electron chi connectivity index (χ1n) is 6.73. The van der Waals surface area contributed by atoms with Crippen molar-refractivity contribution >= 4 is 5.91 Å². The zero-order valence-corrected chi connectivity index (χ0v) is 11.2. The quantitative estimate of drug-likeness (QED) is 0.862. The third kappa shape index (κ3) is 2.73. The molecule has 0 radical (unpaired) electrons. The molecule has 2 aliphatic rings. The largest absolute Gasteiger partial charge is 0.403 e. The van der Waals surface area contributed by atoms with Gasteiger partial charge in [0.15, 0.2) is 0 Å². The molecule has 1 aliphatic heterocycles. The highest BCUT2D eigenvalue weighted by Gasteiger charge is 2.68. The summed E-state index contributed by atoms with van der Waals surface area (Å²) in [4.78, 5) is 11.9. The summed E-state index contributed by atoms with van der Waals surface area (Å²) in [5, 5.41) is 2.62. The Morgan fingerprint density at radius 3 is 2.47 bits per heavy atom. The van der Waals surface area contributed by atoms with E-state index in [1.54, 1.807) is 0 Å². The van der Waals surface area contributed by atoms with E-state index in [0.29, 0.717) is 19.6 Å². The van der Waals surface area contributed by atoms with Crippen LogP contribution in [0.4, 0.5) is 13.2 Å². The topological polar surface area (TPSA) is 38.3 Å². The van der Waals surface area contributed by atoms with Gasteiger partial charge in [-0.25, -0.2) is 0 Å². The first kappa shape index (κ1) is 14.6. The van der Waals surface area contributed by atoms with Gasteiger partial charge in [-0.1, -0.05) is 13.8 Å². The van der Waals surface area contributed by atoms with E-state index in [9.17, 15) is 18.0 Å². The molecule has 110 valence electrons. The van der Waals surface area contributed by atoms with E-state index >= 15 is 0 Å². The van der Waals surface area contributed by atoms with Crippen LogP contribution in [0.1, 0.15) is 33.1 Å². The Bertz CT molecular complexity index is 350. The van der Waals surface area contributed by atoms with Gasteiger partial charge in [-0.05, 0) is 25.2 Å². The molecule has 2 rings (SSSR count). The van der Waals surface area contributed by atoms with Crippen molar-refractivity contribution in [2.45, 2.75) is 45.3 Å². The number of ether oxygens (including phenoxy) is 1. The van der Waals surface area contributed by atoms with Gasteiger partial charge in [0.25, 0.3) is 0 Å². The van der Waals surface area contributed by atoms with E-state index < -0.39 is 17.5 Å². The molecule has 0 bridgehead atoms. The number of amides is 1. The molecule has 1 amide bonds. The normalized spacial score (nSPS) is 30.2. The second-order valence-corrected chi connectivity index (χ2v) is 5.93. The van der Waals surface area contributed by atoms with Crippen molar-refractivity contribution in [3.05, 3.63) is 0 Å². The zero-order chi connectivity index (χ0) is 14.3. The molecular formula is C13H20F3NO2. The Morgan fingerprint density at radius 1 is 1.37 bits per heavy atom. The van der Waals surface area contributed by atoms with Crippen molar-refractivity contribution in [3.63, 3.8) is 0 Å². The van der Waals surface area contributed by atoms with E-state index in [1.165, 1.54) is 0 Å². The third-order valence-electron chi connectivity index (χ3n) is 4.30. The van der Waals surface area contributed by atoms with Crippen molar-refractivity contribution in [3.8, 4) is 0 Å². The molecule has 2 fully saturated rings. The van der Waals surface area contributed by atoms with Crippen LogP contribution in [0.3, 0.4) is 0 Å². The van der Waals surface area contributed by atoms with Gasteiger partial charge in [-0.3, -0.25) is 4.79 Å². The van der Waals surface area contributed by atoms with Crippen LogP contribution in [-0.2, 0) is 9.53 Å². The minimum absolute atomic E-state index is 0.0849. The van der Waals surface area contributed by atoms with Crippen LogP contribution in [0.25, 0.3) is 0 Å². The lowest BCUT2D eigenvalue weighted by molar-refractivity contribution is -0.193. The lowest BCUT2D eigenvalue weighted by Crippen LogP contribution is -2.51. The van der Waals surface area contributed by atoms with Crippen LogP contribution >= 0.6 is 0 Å². The van der Waals surface area contributed by atoms with Crippen LogP contribution < -0.4 is 5.32 Å². The van der Waals surface area contributed by atoms with E-state index in [1.807, 2.05) is 13.8 Å². The van der Waals surface area contributed by atoms with Crippen LogP contribution in [0.15, 0.2) is 0 Å². The van der Waals surface area contributed by atoms with Gasteiger partial charge in [-0.15, -0.1) is 0 Å². The van der Waals surface area contributed by atoms with E-state index in [2.05, 4.69) is 5.32 Å². The molecule has 0 aromatic carbocycles. The number of carbonyl (C=O) groups excluding carboxylic acids is 1. The zero-order valence-electron chi connectivity index (χ0n) is 11.2. The molecule has 1 saturated carbocycles. The van der Waals surface area contributed by atoms with Gasteiger partial charge < -0.3 is 10.1 Å². The van der Waals surface area contributed by atoms with Gasteiger partial charge in [0.05, 0.1) is 6.61 Å². The predicted octanol–water partition coefficient (Wildman–Crippen LogP) is 2.51. The lowest BCUT2D eigenvalue weighted by atomic mass is 9.85. The average molecular weight is 279 g/mol. The Labute approximate surface area is 110 Å². The summed E-state index contributed by atoms with van der Waals surface area (Å²) in [6.07, 6.45) is -4.02. The smallest absolute Gasteiger partial charge is 0.381 e. The summed E-state index contributed by atoms with van der Waals surface area (Å²) < 4.78 is 44.0. The molecule has 0 spiro atoms. The average Bonchev–Trinajstić information content (AvgIpc) is 3.09. The highest BCUT2D eigenvalue weighted by molar-refractivity contribution is 5.86. The summed E-state index contributed by atoms with van der Waals surface area (Å²) >= 11 is 0. The van der Waals surface area contributed by atoms with Gasteiger partial charge in [-0.2, -0.15) is 13.2 Å².